The summed E-state index contributed by atoms with van der Waals surface area (Å²) < 4.78 is 1.89. The molecule has 0 spiro atoms. The number of nitrogens with zero attached hydrogens (tertiary/aromatic N) is 5. The number of nitrogens with one attached hydrogen (secondary N) is 1. The zero-order valence-electron chi connectivity index (χ0n) is 14.4. The number of aryl methyl sites for hydroxylation is 3. The minimum absolute atomic E-state index is 0.622. The van der Waals surface area contributed by atoms with E-state index in [0.29, 0.717) is 11.6 Å². The van der Waals surface area contributed by atoms with Crippen LogP contribution in [-0.4, -0.2) is 24.5 Å². The van der Waals surface area contributed by atoms with Gasteiger partial charge in [-0.15, -0.1) is 0 Å². The van der Waals surface area contributed by atoms with E-state index >= 15 is 0 Å². The van der Waals surface area contributed by atoms with E-state index in [-0.39, 0.29) is 0 Å². The summed E-state index contributed by atoms with van der Waals surface area (Å²) in [5, 5.41) is 3.43. The molecule has 6 heteroatoms. The van der Waals surface area contributed by atoms with Crippen molar-refractivity contribution in [1.29, 1.82) is 0 Å². The molecule has 0 aliphatic carbocycles. The van der Waals surface area contributed by atoms with Gasteiger partial charge in [0.05, 0.1) is 6.33 Å². The molecule has 4 rings (SSSR count). The summed E-state index contributed by atoms with van der Waals surface area (Å²) >= 11 is 0. The Bertz CT molecular complexity index is 1050. The highest BCUT2D eigenvalue weighted by Gasteiger charge is 2.14. The third-order valence-electron chi connectivity index (χ3n) is 4.13. The number of hydrogen-bond acceptors (Lipinski definition) is 5. The van der Waals surface area contributed by atoms with Crippen LogP contribution in [0.15, 0.2) is 49.1 Å². The molecule has 124 valence electrons. The Labute approximate surface area is 145 Å². The molecular weight excluding hydrogens is 312 g/mol. The highest BCUT2D eigenvalue weighted by atomic mass is 15.1. The fourth-order valence-corrected chi connectivity index (χ4v) is 2.72. The molecule has 4 aromatic rings. The van der Waals surface area contributed by atoms with Gasteiger partial charge in [0.1, 0.15) is 0 Å². The lowest BCUT2D eigenvalue weighted by Gasteiger charge is -2.11. The highest BCUT2D eigenvalue weighted by Crippen LogP contribution is 2.27. The maximum atomic E-state index is 4.71. The Morgan fingerprint density at radius 1 is 1.08 bits per heavy atom. The first kappa shape index (κ1) is 15.3. The van der Waals surface area contributed by atoms with Gasteiger partial charge in [0, 0.05) is 30.7 Å². The molecule has 0 saturated carbocycles. The number of pyridine rings is 1. The van der Waals surface area contributed by atoms with Crippen LogP contribution in [0.1, 0.15) is 11.1 Å². The molecule has 0 bridgehead atoms. The Kier molecular flexibility index (Phi) is 3.65. The number of benzene rings is 1. The van der Waals surface area contributed by atoms with Crippen molar-refractivity contribution in [3.8, 4) is 11.4 Å². The average Bonchev–Trinajstić information content (AvgIpc) is 3.00. The molecule has 0 amide bonds. The van der Waals surface area contributed by atoms with Gasteiger partial charge in [-0.3, -0.25) is 4.98 Å². The average molecular weight is 330 g/mol. The van der Waals surface area contributed by atoms with Crippen LogP contribution in [-0.2, 0) is 7.05 Å². The van der Waals surface area contributed by atoms with E-state index in [4.69, 9.17) is 4.98 Å². The smallest absolute Gasteiger partial charge is 0.165 e. The Hall–Kier alpha value is -3.28. The van der Waals surface area contributed by atoms with Crippen molar-refractivity contribution in [3.05, 3.63) is 60.2 Å². The quantitative estimate of drug-likeness (QED) is 0.619. The van der Waals surface area contributed by atoms with Crippen molar-refractivity contribution in [2.75, 3.05) is 5.32 Å². The SMILES string of the molecule is Cc1ccc(C)c(Nc2nc(-c3cccnc3)nc3c2ncn3C)c1. The number of fused-ring (bicyclic) bond motifs is 1. The number of hydrogen-bond donors (Lipinski definition) is 1. The van der Waals surface area contributed by atoms with Crippen LogP contribution < -0.4 is 5.32 Å². The molecule has 0 aliphatic rings. The van der Waals surface area contributed by atoms with E-state index in [1.54, 1.807) is 18.7 Å². The Balaban J connectivity index is 1.89. The zero-order valence-corrected chi connectivity index (χ0v) is 14.4. The molecule has 6 nitrogen and oxygen atoms in total. The number of anilines is 2. The summed E-state index contributed by atoms with van der Waals surface area (Å²) in [6, 6.07) is 10.1. The van der Waals surface area contributed by atoms with Crippen molar-refractivity contribution in [2.24, 2.45) is 7.05 Å². The van der Waals surface area contributed by atoms with E-state index < -0.39 is 0 Å². The molecule has 0 radical (unpaired) electrons. The molecule has 0 atom stereocenters. The van der Waals surface area contributed by atoms with Crippen LogP contribution in [0.4, 0.5) is 11.5 Å². The third-order valence-corrected chi connectivity index (χ3v) is 4.13. The molecule has 0 unspecified atom stereocenters. The maximum absolute atomic E-state index is 4.71. The molecular formula is C19H18N6. The summed E-state index contributed by atoms with van der Waals surface area (Å²) in [5.41, 5.74) is 5.75. The van der Waals surface area contributed by atoms with Crippen LogP contribution >= 0.6 is 0 Å². The first-order valence-electron chi connectivity index (χ1n) is 8.05. The van der Waals surface area contributed by atoms with Gasteiger partial charge in [-0.05, 0) is 43.2 Å². The molecule has 1 N–H and O–H groups in total. The minimum Gasteiger partial charge on any atom is -0.338 e. The lowest BCUT2D eigenvalue weighted by Crippen LogP contribution is -2.02. The van der Waals surface area contributed by atoms with Crippen LogP contribution in [0.5, 0.6) is 0 Å². The van der Waals surface area contributed by atoms with Crippen molar-refractivity contribution >= 4 is 22.7 Å². The fourth-order valence-electron chi connectivity index (χ4n) is 2.72. The molecule has 0 fully saturated rings. The molecule has 0 saturated heterocycles. The second-order valence-electron chi connectivity index (χ2n) is 6.11. The van der Waals surface area contributed by atoms with Crippen molar-refractivity contribution in [3.63, 3.8) is 0 Å². The van der Waals surface area contributed by atoms with E-state index in [9.17, 15) is 0 Å². The molecule has 25 heavy (non-hydrogen) atoms. The van der Waals surface area contributed by atoms with Gasteiger partial charge >= 0.3 is 0 Å². The zero-order chi connectivity index (χ0) is 17.4. The van der Waals surface area contributed by atoms with Gasteiger partial charge < -0.3 is 9.88 Å². The minimum atomic E-state index is 0.622. The summed E-state index contributed by atoms with van der Waals surface area (Å²) in [5.74, 6) is 1.31. The van der Waals surface area contributed by atoms with Crippen LogP contribution in [0.2, 0.25) is 0 Å². The maximum Gasteiger partial charge on any atom is 0.165 e. The summed E-state index contributed by atoms with van der Waals surface area (Å²) in [4.78, 5) is 18.0. The topological polar surface area (TPSA) is 68.5 Å². The van der Waals surface area contributed by atoms with E-state index in [1.165, 1.54) is 5.56 Å². The van der Waals surface area contributed by atoms with Gasteiger partial charge in [0.15, 0.2) is 22.8 Å². The first-order chi connectivity index (χ1) is 12.1. The van der Waals surface area contributed by atoms with Gasteiger partial charge in [0.25, 0.3) is 0 Å². The molecule has 1 aromatic carbocycles. The summed E-state index contributed by atoms with van der Waals surface area (Å²) in [7, 11) is 1.93. The second-order valence-corrected chi connectivity index (χ2v) is 6.11. The number of imidazole rings is 1. The molecule has 3 heterocycles. The predicted octanol–water partition coefficient (Wildman–Crippen LogP) is 3.79. The van der Waals surface area contributed by atoms with Crippen molar-refractivity contribution in [1.82, 2.24) is 24.5 Å². The Morgan fingerprint density at radius 3 is 2.76 bits per heavy atom. The van der Waals surface area contributed by atoms with E-state index in [1.807, 2.05) is 23.7 Å². The van der Waals surface area contributed by atoms with Crippen LogP contribution in [0.3, 0.4) is 0 Å². The molecule has 3 aromatic heterocycles. The van der Waals surface area contributed by atoms with Crippen molar-refractivity contribution < 1.29 is 0 Å². The monoisotopic (exact) mass is 330 g/mol. The second kappa shape index (κ2) is 5.98. The normalized spacial score (nSPS) is 11.0. The lowest BCUT2D eigenvalue weighted by molar-refractivity contribution is 0.929. The standard InChI is InChI=1S/C19H18N6/c1-12-6-7-13(2)15(9-12)22-18-16-19(25(3)11-21-16)24-17(23-18)14-5-4-8-20-10-14/h4-11H,1-3H3,(H,22,23,24). The molecule has 0 aliphatic heterocycles. The van der Waals surface area contributed by atoms with E-state index in [2.05, 4.69) is 52.3 Å². The number of rotatable bonds is 3. The van der Waals surface area contributed by atoms with Crippen LogP contribution in [0, 0.1) is 13.8 Å². The van der Waals surface area contributed by atoms with Crippen molar-refractivity contribution in [2.45, 2.75) is 13.8 Å². The van der Waals surface area contributed by atoms with Crippen LogP contribution in [0.25, 0.3) is 22.6 Å². The fraction of sp³-hybridized carbons (Fsp3) is 0.158. The summed E-state index contributed by atoms with van der Waals surface area (Å²) in [6.07, 6.45) is 5.25. The lowest BCUT2D eigenvalue weighted by atomic mass is 10.1. The van der Waals surface area contributed by atoms with Gasteiger partial charge in [-0.1, -0.05) is 12.1 Å². The van der Waals surface area contributed by atoms with E-state index in [0.717, 1.165) is 28.0 Å². The number of aromatic nitrogens is 5. The predicted molar refractivity (Wildman–Crippen MR) is 98.7 cm³/mol. The van der Waals surface area contributed by atoms with Gasteiger partial charge in [-0.2, -0.15) is 0 Å². The highest BCUT2D eigenvalue weighted by molar-refractivity contribution is 5.87. The van der Waals surface area contributed by atoms with Gasteiger partial charge in [-0.25, -0.2) is 15.0 Å². The third kappa shape index (κ3) is 2.82. The Morgan fingerprint density at radius 2 is 1.96 bits per heavy atom. The summed E-state index contributed by atoms with van der Waals surface area (Å²) in [6.45, 7) is 4.14. The van der Waals surface area contributed by atoms with Gasteiger partial charge in [0.2, 0.25) is 0 Å². The largest absolute Gasteiger partial charge is 0.338 e. The first-order valence-corrected chi connectivity index (χ1v) is 8.05.